The smallest absolute Gasteiger partial charge is 0.355 e. The van der Waals surface area contributed by atoms with Crippen molar-refractivity contribution in [2.24, 2.45) is 5.10 Å². The first-order valence-electron chi connectivity index (χ1n) is 11.3. The summed E-state index contributed by atoms with van der Waals surface area (Å²) in [5.74, 6) is -0.180. The summed E-state index contributed by atoms with van der Waals surface area (Å²) in [4.78, 5) is 25.7. The fourth-order valence-electron chi connectivity index (χ4n) is 3.43. The van der Waals surface area contributed by atoms with Crippen LogP contribution in [-0.2, 0) is 4.79 Å². The SMILES string of the molecule is CC[C@@H](Oc1ccc(Cl)cc1Cl)C(=O)N/N=C\c1ccc(OC(=O)c2sc3ccccc3c2Cl)c(OC)c1. The molecule has 0 fully saturated rings. The van der Waals surface area contributed by atoms with Crippen molar-refractivity contribution in [2.75, 3.05) is 7.11 Å². The average Bonchev–Trinajstić information content (AvgIpc) is 3.25. The Hall–Kier alpha value is -3.30. The van der Waals surface area contributed by atoms with Crippen LogP contribution < -0.4 is 19.6 Å². The van der Waals surface area contributed by atoms with Crippen molar-refractivity contribution >= 4 is 74.3 Å². The van der Waals surface area contributed by atoms with Gasteiger partial charge in [0.05, 0.1) is 23.4 Å². The van der Waals surface area contributed by atoms with E-state index >= 15 is 0 Å². The maximum Gasteiger partial charge on any atom is 0.355 e. The molecule has 1 amide bonds. The van der Waals surface area contributed by atoms with Gasteiger partial charge in [0.1, 0.15) is 10.6 Å². The minimum atomic E-state index is -0.817. The zero-order valence-corrected chi connectivity index (χ0v) is 23.3. The molecule has 1 heterocycles. The summed E-state index contributed by atoms with van der Waals surface area (Å²) in [6, 6.07) is 17.1. The molecule has 0 aliphatic carbocycles. The van der Waals surface area contributed by atoms with Crippen molar-refractivity contribution in [1.82, 2.24) is 5.43 Å². The maximum absolute atomic E-state index is 12.8. The number of hydrazone groups is 1. The molecule has 7 nitrogen and oxygen atoms in total. The van der Waals surface area contributed by atoms with E-state index in [0.29, 0.717) is 43.4 Å². The highest BCUT2D eigenvalue weighted by Gasteiger charge is 2.21. The molecule has 1 aromatic heterocycles. The van der Waals surface area contributed by atoms with Crippen molar-refractivity contribution in [3.63, 3.8) is 0 Å². The third-order valence-electron chi connectivity index (χ3n) is 5.33. The fraction of sp³-hybridized carbons (Fsp3) is 0.148. The molecule has 0 aliphatic rings. The fourth-order valence-corrected chi connectivity index (χ4v) is 5.27. The molecule has 4 aromatic rings. The Bertz CT molecular complexity index is 1520. The van der Waals surface area contributed by atoms with Gasteiger partial charge in [-0.1, -0.05) is 59.9 Å². The van der Waals surface area contributed by atoms with Gasteiger partial charge < -0.3 is 14.2 Å². The summed E-state index contributed by atoms with van der Waals surface area (Å²) in [5.41, 5.74) is 3.05. The summed E-state index contributed by atoms with van der Waals surface area (Å²) in [6.45, 7) is 1.80. The number of benzene rings is 3. The zero-order chi connectivity index (χ0) is 27.2. The Morgan fingerprint density at radius 2 is 1.79 bits per heavy atom. The van der Waals surface area contributed by atoms with Crippen LogP contribution in [0.4, 0.5) is 0 Å². The van der Waals surface area contributed by atoms with Gasteiger partial charge >= 0.3 is 5.97 Å². The number of thiophene rings is 1. The molecule has 0 spiro atoms. The Balaban J connectivity index is 1.41. The summed E-state index contributed by atoms with van der Waals surface area (Å²) in [6.07, 6.45) is 0.998. The van der Waals surface area contributed by atoms with Crippen LogP contribution in [0.25, 0.3) is 10.1 Å². The van der Waals surface area contributed by atoms with Crippen LogP contribution in [0.5, 0.6) is 17.2 Å². The number of carbonyl (C=O) groups excluding carboxylic acids is 2. The number of methoxy groups -OCH3 is 1. The molecule has 11 heteroatoms. The molecule has 1 atom stereocenters. The standard InChI is InChI=1S/C27H21Cl3N2O5S/c1-3-19(36-20-11-9-16(28)13-18(20)29)26(33)32-31-14-15-8-10-21(22(12-15)35-2)37-27(34)25-24(30)17-6-4-5-7-23(17)38-25/h4-14,19H,3H2,1-2H3,(H,32,33)/b31-14-/t19-/m1/s1. The molecule has 3 aromatic carbocycles. The van der Waals surface area contributed by atoms with Crippen molar-refractivity contribution in [2.45, 2.75) is 19.4 Å². The number of hydrogen-bond acceptors (Lipinski definition) is 7. The Kier molecular flexibility index (Phi) is 9.12. The largest absolute Gasteiger partial charge is 0.493 e. The maximum atomic E-state index is 12.8. The molecule has 0 bridgehead atoms. The number of halogens is 3. The van der Waals surface area contributed by atoms with Gasteiger partial charge in [-0.3, -0.25) is 4.79 Å². The molecule has 0 unspecified atom stereocenters. The number of ether oxygens (including phenoxy) is 3. The lowest BCUT2D eigenvalue weighted by atomic mass is 10.2. The van der Waals surface area contributed by atoms with Crippen molar-refractivity contribution < 1.29 is 23.8 Å². The molecule has 0 saturated carbocycles. The topological polar surface area (TPSA) is 86.2 Å². The number of fused-ring (bicyclic) bond motifs is 1. The van der Waals surface area contributed by atoms with Crippen LogP contribution in [0.3, 0.4) is 0 Å². The highest BCUT2D eigenvalue weighted by atomic mass is 35.5. The van der Waals surface area contributed by atoms with E-state index in [-0.39, 0.29) is 5.75 Å². The lowest BCUT2D eigenvalue weighted by Crippen LogP contribution is -2.35. The lowest BCUT2D eigenvalue weighted by Gasteiger charge is -2.16. The minimum absolute atomic E-state index is 0.214. The number of nitrogens with one attached hydrogen (secondary N) is 1. The predicted octanol–water partition coefficient (Wildman–Crippen LogP) is 7.40. The quantitative estimate of drug-likeness (QED) is 0.0949. The molecule has 38 heavy (non-hydrogen) atoms. The minimum Gasteiger partial charge on any atom is -0.493 e. The highest BCUT2D eigenvalue weighted by Crippen LogP contribution is 2.37. The number of rotatable bonds is 9. The Morgan fingerprint density at radius 1 is 1.03 bits per heavy atom. The van der Waals surface area contributed by atoms with E-state index in [9.17, 15) is 9.59 Å². The van der Waals surface area contributed by atoms with Crippen LogP contribution in [0.1, 0.15) is 28.6 Å². The van der Waals surface area contributed by atoms with E-state index in [2.05, 4.69) is 10.5 Å². The molecule has 196 valence electrons. The molecule has 1 N–H and O–H groups in total. The van der Waals surface area contributed by atoms with Gasteiger partial charge in [0.2, 0.25) is 0 Å². The lowest BCUT2D eigenvalue weighted by molar-refractivity contribution is -0.128. The van der Waals surface area contributed by atoms with Crippen molar-refractivity contribution in [3.8, 4) is 17.2 Å². The second-order valence-corrected chi connectivity index (χ2v) is 10.1. The van der Waals surface area contributed by atoms with Gasteiger partial charge in [-0.15, -0.1) is 11.3 Å². The number of esters is 1. The Labute approximate surface area is 237 Å². The molecule has 0 aliphatic heterocycles. The van der Waals surface area contributed by atoms with Crippen molar-refractivity contribution in [3.05, 3.63) is 86.2 Å². The molecule has 0 saturated heterocycles. The molecule has 4 rings (SSSR count). The van der Waals surface area contributed by atoms with E-state index in [0.717, 1.165) is 10.1 Å². The van der Waals surface area contributed by atoms with E-state index in [1.165, 1.54) is 30.7 Å². The first-order valence-corrected chi connectivity index (χ1v) is 13.3. The van der Waals surface area contributed by atoms with Crippen LogP contribution in [0.2, 0.25) is 15.1 Å². The number of hydrogen-bond donors (Lipinski definition) is 1. The van der Waals surface area contributed by atoms with Gasteiger partial charge in [-0.05, 0) is 54.4 Å². The zero-order valence-electron chi connectivity index (χ0n) is 20.2. The van der Waals surface area contributed by atoms with Crippen LogP contribution in [-0.4, -0.2) is 31.3 Å². The number of nitrogens with zero attached hydrogens (tertiary/aromatic N) is 1. The number of carbonyl (C=O) groups is 2. The van der Waals surface area contributed by atoms with Gasteiger partial charge in [-0.25, -0.2) is 10.2 Å². The van der Waals surface area contributed by atoms with Gasteiger partial charge in [0.25, 0.3) is 5.91 Å². The van der Waals surface area contributed by atoms with E-state index in [1.807, 2.05) is 24.3 Å². The summed E-state index contributed by atoms with van der Waals surface area (Å²) < 4.78 is 17.5. The molecular formula is C27H21Cl3N2O5S. The van der Waals surface area contributed by atoms with Crippen LogP contribution in [0.15, 0.2) is 65.8 Å². The first-order chi connectivity index (χ1) is 18.3. The molecule has 0 radical (unpaired) electrons. The average molecular weight is 592 g/mol. The molecular weight excluding hydrogens is 571 g/mol. The highest BCUT2D eigenvalue weighted by molar-refractivity contribution is 7.21. The number of amides is 1. The van der Waals surface area contributed by atoms with Gasteiger partial charge in [-0.2, -0.15) is 5.10 Å². The van der Waals surface area contributed by atoms with Crippen LogP contribution >= 0.6 is 46.1 Å². The van der Waals surface area contributed by atoms with Crippen LogP contribution in [0, 0.1) is 0 Å². The normalized spacial score (nSPS) is 11.9. The van der Waals surface area contributed by atoms with Crippen molar-refractivity contribution in [1.29, 1.82) is 0 Å². The summed E-state index contributed by atoms with van der Waals surface area (Å²) >= 11 is 19.7. The van der Waals surface area contributed by atoms with E-state index < -0.39 is 18.0 Å². The van der Waals surface area contributed by atoms with E-state index in [4.69, 9.17) is 49.0 Å². The monoisotopic (exact) mass is 590 g/mol. The van der Waals surface area contributed by atoms with Gasteiger partial charge in [0.15, 0.2) is 17.6 Å². The van der Waals surface area contributed by atoms with E-state index in [1.54, 1.807) is 37.3 Å². The second kappa shape index (κ2) is 12.5. The summed E-state index contributed by atoms with van der Waals surface area (Å²) in [5, 5.41) is 5.90. The van der Waals surface area contributed by atoms with Gasteiger partial charge in [0, 0.05) is 15.1 Å². The third-order valence-corrected chi connectivity index (χ3v) is 7.51. The first kappa shape index (κ1) is 27.7. The summed E-state index contributed by atoms with van der Waals surface area (Å²) in [7, 11) is 1.45. The predicted molar refractivity (Wildman–Crippen MR) is 152 cm³/mol. The second-order valence-electron chi connectivity index (χ2n) is 7.86. The Morgan fingerprint density at radius 3 is 2.50 bits per heavy atom. The third kappa shape index (κ3) is 6.39.